The molecule has 0 aliphatic heterocycles. The number of hydrogen-bond acceptors (Lipinski definition) is 3. The first kappa shape index (κ1) is 11.0. The van der Waals surface area contributed by atoms with Crippen LogP contribution < -0.4 is 4.90 Å². The van der Waals surface area contributed by atoms with Gasteiger partial charge in [-0.25, -0.2) is 4.39 Å². The Morgan fingerprint density at radius 3 is 2.80 bits per heavy atom. The van der Waals surface area contributed by atoms with Gasteiger partial charge < -0.3 is 10.0 Å². The first-order valence-corrected chi connectivity index (χ1v) is 4.17. The van der Waals surface area contributed by atoms with Crippen LogP contribution in [0.1, 0.15) is 5.56 Å². The van der Waals surface area contributed by atoms with Crippen molar-refractivity contribution in [1.29, 1.82) is 5.26 Å². The van der Waals surface area contributed by atoms with Crippen molar-refractivity contribution in [3.63, 3.8) is 0 Å². The summed E-state index contributed by atoms with van der Waals surface area (Å²) < 4.78 is 13.4. The van der Waals surface area contributed by atoms with Crippen LogP contribution in [0.2, 0.25) is 0 Å². The minimum Gasteiger partial charge on any atom is -0.480 e. The fraction of sp³-hybridized carbons (Fsp3) is 0.200. The highest BCUT2D eigenvalue weighted by molar-refractivity contribution is 5.73. The van der Waals surface area contributed by atoms with Crippen molar-refractivity contribution in [2.45, 2.75) is 0 Å². The third kappa shape index (κ3) is 2.68. The van der Waals surface area contributed by atoms with Crippen molar-refractivity contribution < 1.29 is 14.3 Å². The van der Waals surface area contributed by atoms with Gasteiger partial charge in [0.05, 0.1) is 17.3 Å². The molecule has 0 unspecified atom stereocenters. The monoisotopic (exact) mass is 208 g/mol. The fourth-order valence-electron chi connectivity index (χ4n) is 1.17. The van der Waals surface area contributed by atoms with Crippen molar-refractivity contribution in [3.8, 4) is 6.07 Å². The molecular weight excluding hydrogens is 199 g/mol. The average molecular weight is 208 g/mol. The topological polar surface area (TPSA) is 64.3 Å². The zero-order valence-electron chi connectivity index (χ0n) is 8.07. The summed E-state index contributed by atoms with van der Waals surface area (Å²) in [5.41, 5.74) is 0.372. The van der Waals surface area contributed by atoms with Gasteiger partial charge in [-0.2, -0.15) is 5.26 Å². The van der Waals surface area contributed by atoms with E-state index in [-0.39, 0.29) is 17.8 Å². The average Bonchev–Trinajstić information content (AvgIpc) is 2.16. The third-order valence-corrected chi connectivity index (χ3v) is 1.86. The molecule has 78 valence electrons. The first-order chi connectivity index (χ1) is 7.04. The maximum Gasteiger partial charge on any atom is 0.323 e. The van der Waals surface area contributed by atoms with Gasteiger partial charge in [0.15, 0.2) is 0 Å². The Balaban J connectivity index is 2.96. The number of likely N-dealkylation sites (N-methyl/N-ethyl adjacent to an activating group) is 1. The molecule has 0 spiro atoms. The molecule has 0 aliphatic rings. The van der Waals surface area contributed by atoms with Crippen molar-refractivity contribution in [3.05, 3.63) is 29.6 Å². The summed E-state index contributed by atoms with van der Waals surface area (Å²) in [6, 6.07) is 5.70. The molecule has 1 aromatic rings. The second kappa shape index (κ2) is 4.42. The van der Waals surface area contributed by atoms with Crippen LogP contribution in [0, 0.1) is 17.1 Å². The van der Waals surface area contributed by atoms with Crippen LogP contribution in [-0.2, 0) is 4.79 Å². The molecule has 0 fully saturated rings. The van der Waals surface area contributed by atoms with Crippen LogP contribution >= 0.6 is 0 Å². The summed E-state index contributed by atoms with van der Waals surface area (Å²) in [5.74, 6) is -1.64. The largest absolute Gasteiger partial charge is 0.480 e. The number of carboxylic acids is 1. The lowest BCUT2D eigenvalue weighted by atomic mass is 10.2. The number of hydrogen-bond donors (Lipinski definition) is 1. The predicted octanol–water partition coefficient (Wildman–Crippen LogP) is 1.22. The fourth-order valence-corrected chi connectivity index (χ4v) is 1.17. The van der Waals surface area contributed by atoms with Gasteiger partial charge in [0.25, 0.3) is 0 Å². The van der Waals surface area contributed by atoms with Gasteiger partial charge in [0.1, 0.15) is 12.4 Å². The minimum absolute atomic E-state index is 0.163. The predicted molar refractivity (Wildman–Crippen MR) is 52.0 cm³/mol. The van der Waals surface area contributed by atoms with E-state index in [1.165, 1.54) is 24.1 Å². The van der Waals surface area contributed by atoms with Crippen LogP contribution in [0.5, 0.6) is 0 Å². The van der Waals surface area contributed by atoms with Gasteiger partial charge in [0.2, 0.25) is 0 Å². The minimum atomic E-state index is -1.04. The highest BCUT2D eigenvalue weighted by Crippen LogP contribution is 2.18. The van der Waals surface area contributed by atoms with Gasteiger partial charge >= 0.3 is 5.97 Å². The third-order valence-electron chi connectivity index (χ3n) is 1.86. The first-order valence-electron chi connectivity index (χ1n) is 4.17. The van der Waals surface area contributed by atoms with Crippen LogP contribution in [0.3, 0.4) is 0 Å². The lowest BCUT2D eigenvalue weighted by molar-refractivity contribution is -0.135. The molecule has 0 aromatic heterocycles. The van der Waals surface area contributed by atoms with E-state index in [1.54, 1.807) is 6.07 Å². The van der Waals surface area contributed by atoms with Gasteiger partial charge in [-0.1, -0.05) is 0 Å². The smallest absolute Gasteiger partial charge is 0.323 e. The van der Waals surface area contributed by atoms with Gasteiger partial charge in [0, 0.05) is 7.05 Å². The molecular formula is C10H9FN2O2. The zero-order valence-corrected chi connectivity index (χ0v) is 8.07. The molecule has 1 aromatic carbocycles. The summed E-state index contributed by atoms with van der Waals surface area (Å²) in [5, 5.41) is 17.0. The molecule has 0 aliphatic carbocycles. The van der Waals surface area contributed by atoms with Gasteiger partial charge in [-0.05, 0) is 18.2 Å². The van der Waals surface area contributed by atoms with Gasteiger partial charge in [-0.15, -0.1) is 0 Å². The molecule has 0 bridgehead atoms. The lowest BCUT2D eigenvalue weighted by Gasteiger charge is -2.17. The van der Waals surface area contributed by atoms with Crippen LogP contribution in [-0.4, -0.2) is 24.7 Å². The Hall–Kier alpha value is -2.09. The van der Waals surface area contributed by atoms with E-state index in [1.807, 2.05) is 0 Å². The van der Waals surface area contributed by atoms with E-state index in [0.29, 0.717) is 0 Å². The summed E-state index contributed by atoms with van der Waals surface area (Å²) in [6.45, 7) is -0.289. The Kier molecular flexibility index (Phi) is 3.24. The van der Waals surface area contributed by atoms with E-state index in [9.17, 15) is 9.18 Å². The Morgan fingerprint density at radius 2 is 2.33 bits per heavy atom. The van der Waals surface area contributed by atoms with Crippen molar-refractivity contribution in [2.24, 2.45) is 0 Å². The maximum absolute atomic E-state index is 13.4. The number of halogens is 1. The number of rotatable bonds is 3. The van der Waals surface area contributed by atoms with E-state index in [2.05, 4.69) is 0 Å². The van der Waals surface area contributed by atoms with Crippen LogP contribution in [0.4, 0.5) is 10.1 Å². The molecule has 4 nitrogen and oxygen atoms in total. The molecule has 0 heterocycles. The summed E-state index contributed by atoms with van der Waals surface area (Å²) in [4.78, 5) is 11.7. The number of aliphatic carboxylic acids is 1. The van der Waals surface area contributed by atoms with E-state index < -0.39 is 11.8 Å². The van der Waals surface area contributed by atoms with Gasteiger partial charge in [-0.3, -0.25) is 4.79 Å². The molecule has 0 radical (unpaired) electrons. The SMILES string of the molecule is CN(CC(=O)O)c1ccc(C#N)cc1F. The van der Waals surface area contributed by atoms with E-state index in [0.717, 1.165) is 6.07 Å². The maximum atomic E-state index is 13.4. The Bertz CT molecular complexity index is 426. The molecule has 0 saturated heterocycles. The van der Waals surface area contributed by atoms with Crippen molar-refractivity contribution in [2.75, 3.05) is 18.5 Å². The summed E-state index contributed by atoms with van der Waals surface area (Å²) in [7, 11) is 1.47. The van der Waals surface area contributed by atoms with Crippen LogP contribution in [0.25, 0.3) is 0 Å². The summed E-state index contributed by atoms with van der Waals surface area (Å²) >= 11 is 0. The normalized spacial score (nSPS) is 9.40. The number of carbonyl (C=O) groups is 1. The number of nitrogens with zero attached hydrogens (tertiary/aromatic N) is 2. The molecule has 0 saturated carbocycles. The molecule has 0 atom stereocenters. The number of benzene rings is 1. The van der Waals surface area contributed by atoms with Crippen molar-refractivity contribution in [1.82, 2.24) is 0 Å². The number of nitriles is 1. The highest BCUT2D eigenvalue weighted by Gasteiger charge is 2.10. The lowest BCUT2D eigenvalue weighted by Crippen LogP contribution is -2.25. The highest BCUT2D eigenvalue weighted by atomic mass is 19.1. The second-order valence-corrected chi connectivity index (χ2v) is 3.03. The second-order valence-electron chi connectivity index (χ2n) is 3.03. The summed E-state index contributed by atoms with van der Waals surface area (Å²) in [6.07, 6.45) is 0. The molecule has 15 heavy (non-hydrogen) atoms. The Labute approximate surface area is 86.2 Å². The number of anilines is 1. The van der Waals surface area contributed by atoms with E-state index in [4.69, 9.17) is 10.4 Å². The van der Waals surface area contributed by atoms with E-state index >= 15 is 0 Å². The number of carboxylic acid groups (broad SMARTS) is 1. The molecule has 1 rings (SSSR count). The standard InChI is InChI=1S/C10H9FN2O2/c1-13(6-10(14)15)9-3-2-7(5-12)4-8(9)11/h2-4H,6H2,1H3,(H,14,15). The molecule has 5 heteroatoms. The van der Waals surface area contributed by atoms with Crippen molar-refractivity contribution >= 4 is 11.7 Å². The molecule has 0 amide bonds. The van der Waals surface area contributed by atoms with Crippen LogP contribution in [0.15, 0.2) is 18.2 Å². The quantitative estimate of drug-likeness (QED) is 0.811. The molecule has 1 N–H and O–H groups in total. The Morgan fingerprint density at radius 1 is 1.67 bits per heavy atom. The zero-order chi connectivity index (χ0) is 11.4.